The number of ether oxygens (including phenoxy) is 2. The smallest absolute Gasteiger partial charge is 0.282 e. The molecule has 17 heavy (non-hydrogen) atoms. The van der Waals surface area contributed by atoms with Gasteiger partial charge in [0.15, 0.2) is 0 Å². The van der Waals surface area contributed by atoms with E-state index in [2.05, 4.69) is 11.1 Å². The summed E-state index contributed by atoms with van der Waals surface area (Å²) in [7, 11) is 0. The highest BCUT2D eigenvalue weighted by Crippen LogP contribution is 2.13. The number of nitriles is 1. The van der Waals surface area contributed by atoms with Crippen LogP contribution in [0, 0.1) is 11.3 Å². The standard InChI is InChI=1S/C12H13N3O2/c13-7-9-1-3-11(4-2-9)16-6-5-10-8-17-12(14)15-10/h1-4,10H,5-6,8H2,(H2,14,15)/t10-/m0/s1. The number of hydrogen-bond donors (Lipinski definition) is 1. The van der Waals surface area contributed by atoms with E-state index < -0.39 is 0 Å². The van der Waals surface area contributed by atoms with Gasteiger partial charge in [-0.15, -0.1) is 0 Å². The van der Waals surface area contributed by atoms with Gasteiger partial charge in [0.25, 0.3) is 6.02 Å². The van der Waals surface area contributed by atoms with Crippen LogP contribution < -0.4 is 10.5 Å². The molecule has 0 amide bonds. The first-order valence-corrected chi connectivity index (χ1v) is 5.37. The summed E-state index contributed by atoms with van der Waals surface area (Å²) in [4.78, 5) is 4.10. The summed E-state index contributed by atoms with van der Waals surface area (Å²) >= 11 is 0. The van der Waals surface area contributed by atoms with Gasteiger partial charge in [-0.3, -0.25) is 0 Å². The minimum absolute atomic E-state index is 0.0911. The van der Waals surface area contributed by atoms with E-state index in [1.54, 1.807) is 24.3 Å². The molecule has 1 aliphatic rings. The first-order valence-electron chi connectivity index (χ1n) is 5.37. The van der Waals surface area contributed by atoms with Crippen molar-refractivity contribution in [3.05, 3.63) is 29.8 Å². The Kier molecular flexibility index (Phi) is 3.46. The Morgan fingerprint density at radius 1 is 1.47 bits per heavy atom. The van der Waals surface area contributed by atoms with Crippen molar-refractivity contribution in [2.45, 2.75) is 12.5 Å². The molecule has 0 unspecified atom stereocenters. The Labute approximate surface area is 99.5 Å². The van der Waals surface area contributed by atoms with Gasteiger partial charge in [-0.2, -0.15) is 5.26 Å². The molecule has 1 aromatic carbocycles. The molecule has 0 saturated carbocycles. The average molecular weight is 231 g/mol. The third-order valence-electron chi connectivity index (χ3n) is 2.44. The number of hydrogen-bond acceptors (Lipinski definition) is 5. The van der Waals surface area contributed by atoms with Crippen molar-refractivity contribution in [2.75, 3.05) is 13.2 Å². The summed E-state index contributed by atoms with van der Waals surface area (Å²) in [6.45, 7) is 1.08. The van der Waals surface area contributed by atoms with Gasteiger partial charge in [-0.25, -0.2) is 4.99 Å². The third-order valence-corrected chi connectivity index (χ3v) is 2.44. The monoisotopic (exact) mass is 231 g/mol. The Morgan fingerprint density at radius 3 is 2.82 bits per heavy atom. The number of amidine groups is 1. The maximum Gasteiger partial charge on any atom is 0.282 e. The van der Waals surface area contributed by atoms with E-state index in [-0.39, 0.29) is 12.1 Å². The highest BCUT2D eigenvalue weighted by molar-refractivity contribution is 5.72. The minimum atomic E-state index is 0.0911. The second-order valence-electron chi connectivity index (χ2n) is 3.71. The van der Waals surface area contributed by atoms with Crippen LogP contribution in [0.4, 0.5) is 0 Å². The summed E-state index contributed by atoms with van der Waals surface area (Å²) in [6, 6.07) is 9.42. The van der Waals surface area contributed by atoms with Crippen LogP contribution >= 0.6 is 0 Å². The van der Waals surface area contributed by atoms with Crippen LogP contribution in [0.1, 0.15) is 12.0 Å². The quantitative estimate of drug-likeness (QED) is 0.839. The highest BCUT2D eigenvalue weighted by atomic mass is 16.5. The Morgan fingerprint density at radius 2 is 2.24 bits per heavy atom. The largest absolute Gasteiger partial charge is 0.494 e. The predicted octanol–water partition coefficient (Wildman–Crippen LogP) is 1.04. The minimum Gasteiger partial charge on any atom is -0.494 e. The first-order chi connectivity index (χ1) is 8.28. The maximum atomic E-state index is 8.64. The molecular weight excluding hydrogens is 218 g/mol. The van der Waals surface area contributed by atoms with Crippen LogP contribution in [0.3, 0.4) is 0 Å². The molecule has 2 N–H and O–H groups in total. The van der Waals surface area contributed by atoms with Crippen LogP contribution in [0.2, 0.25) is 0 Å². The van der Waals surface area contributed by atoms with Crippen LogP contribution in [-0.4, -0.2) is 25.3 Å². The molecule has 5 nitrogen and oxygen atoms in total. The van der Waals surface area contributed by atoms with Crippen molar-refractivity contribution in [3.63, 3.8) is 0 Å². The summed E-state index contributed by atoms with van der Waals surface area (Å²) in [5.74, 6) is 0.750. The van der Waals surface area contributed by atoms with Crippen molar-refractivity contribution in [1.82, 2.24) is 0 Å². The van der Waals surface area contributed by atoms with Gasteiger partial charge in [0.1, 0.15) is 12.4 Å². The molecule has 1 atom stereocenters. The van der Waals surface area contributed by atoms with E-state index in [1.807, 2.05) is 0 Å². The van der Waals surface area contributed by atoms with Crippen molar-refractivity contribution in [3.8, 4) is 11.8 Å². The molecule has 0 spiro atoms. The number of benzene rings is 1. The van der Waals surface area contributed by atoms with E-state index in [0.717, 1.165) is 12.2 Å². The molecule has 88 valence electrons. The topological polar surface area (TPSA) is 80.6 Å². The lowest BCUT2D eigenvalue weighted by Crippen LogP contribution is -2.12. The molecule has 1 aliphatic heterocycles. The summed E-state index contributed by atoms with van der Waals surface area (Å²) in [5, 5.41) is 8.64. The summed E-state index contributed by atoms with van der Waals surface area (Å²) in [6.07, 6.45) is 0.765. The Balaban J connectivity index is 1.76. The molecule has 0 aliphatic carbocycles. The van der Waals surface area contributed by atoms with Crippen molar-refractivity contribution in [1.29, 1.82) is 5.26 Å². The van der Waals surface area contributed by atoms with E-state index >= 15 is 0 Å². The normalized spacial score (nSPS) is 18.1. The fourth-order valence-electron chi connectivity index (χ4n) is 1.52. The molecule has 0 fully saturated rings. The van der Waals surface area contributed by atoms with Gasteiger partial charge < -0.3 is 15.2 Å². The number of rotatable bonds is 4. The number of nitrogens with two attached hydrogens (primary N) is 1. The van der Waals surface area contributed by atoms with E-state index in [1.165, 1.54) is 0 Å². The second-order valence-corrected chi connectivity index (χ2v) is 3.71. The second kappa shape index (κ2) is 5.21. The Bertz CT molecular complexity index is 448. The van der Waals surface area contributed by atoms with Gasteiger partial charge >= 0.3 is 0 Å². The molecule has 0 saturated heterocycles. The van der Waals surface area contributed by atoms with E-state index in [9.17, 15) is 0 Å². The van der Waals surface area contributed by atoms with Crippen LogP contribution in [0.15, 0.2) is 29.3 Å². The van der Waals surface area contributed by atoms with Gasteiger partial charge in [-0.1, -0.05) is 0 Å². The third kappa shape index (κ3) is 3.11. The zero-order valence-corrected chi connectivity index (χ0v) is 9.30. The molecule has 0 aromatic heterocycles. The van der Waals surface area contributed by atoms with Crippen LogP contribution in [-0.2, 0) is 4.74 Å². The SMILES string of the molecule is N#Cc1ccc(OCC[C@H]2COC(N)=N2)cc1. The van der Waals surface area contributed by atoms with Crippen molar-refractivity contribution in [2.24, 2.45) is 10.7 Å². The maximum absolute atomic E-state index is 8.64. The lowest BCUT2D eigenvalue weighted by Gasteiger charge is -2.07. The van der Waals surface area contributed by atoms with Gasteiger partial charge in [0.2, 0.25) is 0 Å². The van der Waals surface area contributed by atoms with Crippen LogP contribution in [0.25, 0.3) is 0 Å². The molecular formula is C12H13N3O2. The average Bonchev–Trinajstić information content (AvgIpc) is 2.76. The fraction of sp³-hybridized carbons (Fsp3) is 0.333. The van der Waals surface area contributed by atoms with E-state index in [0.29, 0.717) is 18.8 Å². The lowest BCUT2D eigenvalue weighted by atomic mass is 10.2. The molecule has 0 radical (unpaired) electrons. The van der Waals surface area contributed by atoms with E-state index in [4.69, 9.17) is 20.5 Å². The summed E-state index contributed by atoms with van der Waals surface area (Å²) < 4.78 is 10.6. The van der Waals surface area contributed by atoms with Crippen LogP contribution in [0.5, 0.6) is 5.75 Å². The zero-order valence-electron chi connectivity index (χ0n) is 9.30. The summed E-state index contributed by atoms with van der Waals surface area (Å²) in [5.41, 5.74) is 6.02. The Hall–Kier alpha value is -2.22. The molecule has 1 heterocycles. The molecule has 0 bridgehead atoms. The molecule has 1 aromatic rings. The number of nitrogens with zero attached hydrogens (tertiary/aromatic N) is 2. The highest BCUT2D eigenvalue weighted by Gasteiger charge is 2.16. The van der Waals surface area contributed by atoms with Crippen molar-refractivity contribution >= 4 is 6.02 Å². The first kappa shape index (κ1) is 11.3. The number of aliphatic imine (C=N–C) groups is 1. The van der Waals surface area contributed by atoms with Gasteiger partial charge in [0.05, 0.1) is 24.3 Å². The molecule has 2 rings (SSSR count). The van der Waals surface area contributed by atoms with Gasteiger partial charge in [0, 0.05) is 6.42 Å². The predicted molar refractivity (Wildman–Crippen MR) is 62.6 cm³/mol. The van der Waals surface area contributed by atoms with Crippen molar-refractivity contribution < 1.29 is 9.47 Å². The zero-order chi connectivity index (χ0) is 12.1. The lowest BCUT2D eigenvalue weighted by molar-refractivity contribution is 0.263. The van der Waals surface area contributed by atoms with Gasteiger partial charge in [-0.05, 0) is 24.3 Å². The fourth-order valence-corrected chi connectivity index (χ4v) is 1.52. The molecule has 5 heteroatoms.